The van der Waals surface area contributed by atoms with Crippen LogP contribution in [0.4, 0.5) is 22.7 Å². The first-order valence-corrected chi connectivity index (χ1v) is 12.7. The number of nitrogens with zero attached hydrogens (tertiary/aromatic N) is 1. The topological polar surface area (TPSA) is 28.4 Å². The second kappa shape index (κ2) is 11.2. The van der Waals surface area contributed by atoms with E-state index < -0.39 is 0 Å². The van der Waals surface area contributed by atoms with Crippen LogP contribution < -0.4 is 10.2 Å². The van der Waals surface area contributed by atoms with Gasteiger partial charge in [0.25, 0.3) is 0 Å². The highest BCUT2D eigenvalue weighted by Gasteiger charge is 2.18. The number of nitrogens with one attached hydrogen (secondary N) is 1. The number of fused-ring (bicyclic) bond motifs is 3. The van der Waals surface area contributed by atoms with E-state index in [9.17, 15) is 0 Å². The summed E-state index contributed by atoms with van der Waals surface area (Å²) in [6, 6.07) is 31.0. The SMILES string of the molecule is C#CC/C(=C/C=C\C)CNc1ccccc1N(c1cccc(S)c1)c1ccc2oc3ccccc3c2c1. The highest BCUT2D eigenvalue weighted by Crippen LogP contribution is 2.41. The lowest BCUT2D eigenvalue weighted by Gasteiger charge is -2.28. The van der Waals surface area contributed by atoms with Crippen LogP contribution in [0.25, 0.3) is 21.9 Å². The smallest absolute Gasteiger partial charge is 0.135 e. The van der Waals surface area contributed by atoms with E-state index in [2.05, 4.69) is 83.4 Å². The fourth-order valence-corrected chi connectivity index (χ4v) is 4.70. The van der Waals surface area contributed by atoms with Crippen molar-refractivity contribution in [1.82, 2.24) is 0 Å². The fourth-order valence-electron chi connectivity index (χ4n) is 4.48. The van der Waals surface area contributed by atoms with Gasteiger partial charge < -0.3 is 14.6 Å². The summed E-state index contributed by atoms with van der Waals surface area (Å²) in [6.07, 6.45) is 12.3. The zero-order chi connectivity index (χ0) is 25.6. The molecule has 0 aliphatic rings. The monoisotopic (exact) mass is 500 g/mol. The molecule has 0 amide bonds. The second-order valence-corrected chi connectivity index (χ2v) is 9.25. The average Bonchev–Trinajstić information content (AvgIpc) is 3.29. The molecule has 182 valence electrons. The van der Waals surface area contributed by atoms with Crippen molar-refractivity contribution >= 4 is 57.3 Å². The van der Waals surface area contributed by atoms with Gasteiger partial charge in [-0.1, -0.05) is 54.6 Å². The number of para-hydroxylation sites is 3. The summed E-state index contributed by atoms with van der Waals surface area (Å²) in [6.45, 7) is 2.65. The van der Waals surface area contributed by atoms with Crippen molar-refractivity contribution < 1.29 is 4.42 Å². The van der Waals surface area contributed by atoms with Crippen LogP contribution in [0.1, 0.15) is 13.3 Å². The number of hydrogen-bond acceptors (Lipinski definition) is 4. The molecule has 0 fully saturated rings. The Morgan fingerprint density at radius 1 is 0.919 bits per heavy atom. The number of thiol groups is 1. The Morgan fingerprint density at radius 2 is 1.70 bits per heavy atom. The lowest BCUT2D eigenvalue weighted by molar-refractivity contribution is 0.669. The number of hydrogen-bond donors (Lipinski definition) is 2. The van der Waals surface area contributed by atoms with Gasteiger partial charge in [0.1, 0.15) is 11.2 Å². The van der Waals surface area contributed by atoms with E-state index in [-0.39, 0.29) is 0 Å². The van der Waals surface area contributed by atoms with Crippen LogP contribution in [-0.2, 0) is 0 Å². The Labute approximate surface area is 223 Å². The lowest BCUT2D eigenvalue weighted by atomic mass is 10.1. The molecule has 4 heteroatoms. The normalized spacial score (nSPS) is 11.8. The number of furan rings is 1. The highest BCUT2D eigenvalue weighted by atomic mass is 32.1. The third-order valence-electron chi connectivity index (χ3n) is 6.21. The van der Waals surface area contributed by atoms with E-state index in [0.29, 0.717) is 13.0 Å². The summed E-state index contributed by atoms with van der Waals surface area (Å²) in [5.41, 5.74) is 6.97. The minimum atomic E-state index is 0.592. The lowest BCUT2D eigenvalue weighted by Crippen LogP contribution is -2.14. The van der Waals surface area contributed by atoms with Crippen LogP contribution in [0.5, 0.6) is 0 Å². The second-order valence-electron chi connectivity index (χ2n) is 8.74. The van der Waals surface area contributed by atoms with Gasteiger partial charge in [0, 0.05) is 40.0 Å². The third-order valence-corrected chi connectivity index (χ3v) is 6.49. The number of benzene rings is 4. The zero-order valence-electron chi connectivity index (χ0n) is 20.7. The van der Waals surface area contributed by atoms with Gasteiger partial charge in [-0.3, -0.25) is 0 Å². The first kappa shape index (κ1) is 24.4. The standard InChI is InChI=1S/C33H28N2OS/c1-3-5-12-24(11-4-2)23-34-30-16-7-8-17-31(30)35(25-13-10-14-27(37)21-25)26-19-20-33-29(22-26)28-15-6-9-18-32(28)36-33/h2-3,5-10,12-22,34,37H,11,23H2,1H3/b5-3-,24-12-. The van der Waals surface area contributed by atoms with Gasteiger partial charge in [0.2, 0.25) is 0 Å². The van der Waals surface area contributed by atoms with Crippen molar-refractivity contribution in [1.29, 1.82) is 0 Å². The Kier molecular flexibility index (Phi) is 7.35. The molecular formula is C33H28N2OS. The van der Waals surface area contributed by atoms with Crippen LogP contribution in [0, 0.1) is 12.3 Å². The molecule has 0 unspecified atom stereocenters. The molecule has 37 heavy (non-hydrogen) atoms. The van der Waals surface area contributed by atoms with E-state index in [0.717, 1.165) is 55.2 Å². The summed E-state index contributed by atoms with van der Waals surface area (Å²) in [5.74, 6) is 2.77. The van der Waals surface area contributed by atoms with Gasteiger partial charge in [0.05, 0.1) is 11.4 Å². The Bertz CT molecular complexity index is 1650. The third kappa shape index (κ3) is 5.28. The molecule has 1 N–H and O–H groups in total. The summed E-state index contributed by atoms with van der Waals surface area (Å²) in [4.78, 5) is 3.15. The summed E-state index contributed by atoms with van der Waals surface area (Å²) >= 11 is 4.63. The van der Waals surface area contributed by atoms with E-state index in [1.807, 2.05) is 61.5 Å². The Morgan fingerprint density at radius 3 is 2.54 bits per heavy atom. The van der Waals surface area contributed by atoms with Crippen molar-refractivity contribution in [2.24, 2.45) is 0 Å². The Balaban J connectivity index is 1.62. The number of terminal acetylenes is 1. The quantitative estimate of drug-likeness (QED) is 0.126. The maximum Gasteiger partial charge on any atom is 0.135 e. The van der Waals surface area contributed by atoms with Gasteiger partial charge in [-0.05, 0) is 67.1 Å². The van der Waals surface area contributed by atoms with E-state index >= 15 is 0 Å². The summed E-state index contributed by atoms with van der Waals surface area (Å²) < 4.78 is 6.09. The predicted octanol–water partition coefficient (Wildman–Crippen LogP) is 9.28. The van der Waals surface area contributed by atoms with Crippen molar-refractivity contribution in [3.63, 3.8) is 0 Å². The largest absolute Gasteiger partial charge is 0.456 e. The minimum absolute atomic E-state index is 0.592. The van der Waals surface area contributed by atoms with E-state index in [4.69, 9.17) is 10.8 Å². The van der Waals surface area contributed by atoms with Gasteiger partial charge in [-0.15, -0.1) is 25.0 Å². The van der Waals surface area contributed by atoms with Crippen LogP contribution in [-0.4, -0.2) is 6.54 Å². The van der Waals surface area contributed by atoms with Crippen molar-refractivity contribution in [2.75, 3.05) is 16.8 Å². The molecule has 5 rings (SSSR count). The van der Waals surface area contributed by atoms with Crippen LogP contribution in [0.3, 0.4) is 0 Å². The van der Waals surface area contributed by atoms with Crippen molar-refractivity contribution in [3.05, 3.63) is 115 Å². The minimum Gasteiger partial charge on any atom is -0.456 e. The number of rotatable bonds is 8. The first-order chi connectivity index (χ1) is 18.2. The van der Waals surface area contributed by atoms with Gasteiger partial charge in [-0.2, -0.15) is 0 Å². The van der Waals surface area contributed by atoms with Gasteiger partial charge in [0.15, 0.2) is 0 Å². The molecule has 1 aromatic heterocycles. The summed E-state index contributed by atoms with van der Waals surface area (Å²) in [7, 11) is 0. The molecule has 0 aliphatic heterocycles. The molecule has 0 spiro atoms. The molecule has 4 aromatic carbocycles. The van der Waals surface area contributed by atoms with Gasteiger partial charge in [-0.25, -0.2) is 0 Å². The first-order valence-electron chi connectivity index (χ1n) is 12.3. The number of allylic oxidation sites excluding steroid dienone is 3. The highest BCUT2D eigenvalue weighted by molar-refractivity contribution is 7.80. The summed E-state index contributed by atoms with van der Waals surface area (Å²) in [5, 5.41) is 5.81. The molecule has 0 bridgehead atoms. The zero-order valence-corrected chi connectivity index (χ0v) is 21.6. The molecular weight excluding hydrogens is 472 g/mol. The molecule has 0 saturated heterocycles. The van der Waals surface area contributed by atoms with E-state index in [1.165, 1.54) is 0 Å². The van der Waals surface area contributed by atoms with Crippen molar-refractivity contribution in [2.45, 2.75) is 18.2 Å². The molecule has 0 atom stereocenters. The van der Waals surface area contributed by atoms with Crippen LogP contribution in [0.2, 0.25) is 0 Å². The van der Waals surface area contributed by atoms with Gasteiger partial charge >= 0.3 is 0 Å². The maximum absolute atomic E-state index is 6.09. The molecule has 0 saturated carbocycles. The van der Waals surface area contributed by atoms with Crippen LogP contribution in [0.15, 0.2) is 124 Å². The fraction of sp³-hybridized carbons (Fsp3) is 0.0909. The Hall–Kier alpha value is -4.33. The number of anilines is 4. The van der Waals surface area contributed by atoms with Crippen molar-refractivity contribution in [3.8, 4) is 12.3 Å². The maximum atomic E-state index is 6.09. The molecule has 1 heterocycles. The van der Waals surface area contributed by atoms with Crippen LogP contribution >= 0.6 is 12.6 Å². The predicted molar refractivity (Wildman–Crippen MR) is 160 cm³/mol. The molecule has 3 nitrogen and oxygen atoms in total. The molecule has 0 aliphatic carbocycles. The molecule has 0 radical (unpaired) electrons. The average molecular weight is 501 g/mol. The molecule has 5 aromatic rings. The van der Waals surface area contributed by atoms with E-state index in [1.54, 1.807) is 0 Å².